The molecule has 0 spiro atoms. The fraction of sp³-hybridized carbons (Fsp3) is 0.462. The minimum Gasteiger partial charge on any atom is -0.352 e. The second kappa shape index (κ2) is 11.6. The third kappa shape index (κ3) is 6.67. The van der Waals surface area contributed by atoms with Crippen LogP contribution < -0.4 is 5.32 Å². The lowest BCUT2D eigenvalue weighted by Gasteiger charge is -2.32. The van der Waals surface area contributed by atoms with Crippen LogP contribution in [0.1, 0.15) is 50.2 Å². The highest BCUT2D eigenvalue weighted by Gasteiger charge is 2.31. The summed E-state index contributed by atoms with van der Waals surface area (Å²) in [6.45, 7) is 3.44. The van der Waals surface area contributed by atoms with Gasteiger partial charge in [0.05, 0.1) is 11.4 Å². The Morgan fingerprint density at radius 1 is 1.00 bits per heavy atom. The molecule has 0 heterocycles. The number of rotatable bonds is 9. The lowest BCUT2D eigenvalue weighted by molar-refractivity contribution is -0.141. The van der Waals surface area contributed by atoms with E-state index >= 15 is 0 Å². The van der Waals surface area contributed by atoms with Crippen molar-refractivity contribution < 1.29 is 18.0 Å². The normalized spacial score (nSPS) is 15.6. The maximum Gasteiger partial charge on any atom is 0.243 e. The van der Waals surface area contributed by atoms with Crippen LogP contribution >= 0.6 is 0 Å². The molecule has 1 unspecified atom stereocenters. The number of likely N-dealkylation sites (N-methyl/N-ethyl adjacent to an activating group) is 1. The second-order valence-corrected chi connectivity index (χ2v) is 11.1. The van der Waals surface area contributed by atoms with Crippen LogP contribution in [0, 0.1) is 6.92 Å². The molecule has 1 aliphatic rings. The lowest BCUT2D eigenvalue weighted by Crippen LogP contribution is -2.52. The molecule has 0 saturated heterocycles. The SMILES string of the molecule is Cc1ccc(S(=O)(=O)N(C)CC(=O)N(Cc2ccccc2)C(C)C(=O)NC2CCCCC2)cc1. The summed E-state index contributed by atoms with van der Waals surface area (Å²) in [5.41, 5.74) is 1.82. The van der Waals surface area contributed by atoms with E-state index in [0.29, 0.717) is 0 Å². The first-order chi connectivity index (χ1) is 16.2. The number of carbonyl (C=O) groups is 2. The maximum atomic E-state index is 13.4. The van der Waals surface area contributed by atoms with Gasteiger partial charge in [0.15, 0.2) is 0 Å². The van der Waals surface area contributed by atoms with Gasteiger partial charge in [-0.05, 0) is 44.4 Å². The highest BCUT2D eigenvalue weighted by molar-refractivity contribution is 7.89. The van der Waals surface area contributed by atoms with Crippen LogP contribution in [0.5, 0.6) is 0 Å². The molecule has 0 bridgehead atoms. The predicted molar refractivity (Wildman–Crippen MR) is 132 cm³/mol. The summed E-state index contributed by atoms with van der Waals surface area (Å²) >= 11 is 0. The number of carbonyl (C=O) groups excluding carboxylic acids is 2. The maximum absolute atomic E-state index is 13.4. The molecule has 34 heavy (non-hydrogen) atoms. The van der Waals surface area contributed by atoms with Gasteiger partial charge in [-0.3, -0.25) is 9.59 Å². The highest BCUT2D eigenvalue weighted by atomic mass is 32.2. The number of hydrogen-bond donors (Lipinski definition) is 1. The number of amides is 2. The van der Waals surface area contributed by atoms with E-state index in [1.165, 1.54) is 30.5 Å². The minimum absolute atomic E-state index is 0.127. The lowest BCUT2D eigenvalue weighted by atomic mass is 9.95. The number of hydrogen-bond acceptors (Lipinski definition) is 4. The summed E-state index contributed by atoms with van der Waals surface area (Å²) in [6.07, 6.45) is 5.26. The van der Waals surface area contributed by atoms with Crippen molar-refractivity contribution in [1.29, 1.82) is 0 Å². The molecule has 2 amide bonds. The Bertz CT molecular complexity index is 1060. The minimum atomic E-state index is -3.84. The average Bonchev–Trinajstić information content (AvgIpc) is 2.83. The number of benzene rings is 2. The molecule has 0 aliphatic heterocycles. The quantitative estimate of drug-likeness (QED) is 0.589. The first-order valence-corrected chi connectivity index (χ1v) is 13.3. The van der Waals surface area contributed by atoms with Crippen LogP contribution in [-0.2, 0) is 26.2 Å². The molecule has 184 valence electrons. The zero-order valence-electron chi connectivity index (χ0n) is 20.2. The molecule has 0 radical (unpaired) electrons. The van der Waals surface area contributed by atoms with Crippen LogP contribution in [0.25, 0.3) is 0 Å². The predicted octanol–water partition coefficient (Wildman–Crippen LogP) is 3.48. The Balaban J connectivity index is 1.76. The van der Waals surface area contributed by atoms with Crippen LogP contribution in [0.2, 0.25) is 0 Å². The summed E-state index contributed by atoms with van der Waals surface area (Å²) in [6, 6.07) is 15.3. The van der Waals surface area contributed by atoms with Crippen molar-refractivity contribution in [3.05, 3.63) is 65.7 Å². The molecule has 0 aromatic heterocycles. The van der Waals surface area contributed by atoms with Gasteiger partial charge >= 0.3 is 0 Å². The number of nitrogens with zero attached hydrogens (tertiary/aromatic N) is 2. The van der Waals surface area contributed by atoms with Gasteiger partial charge in [-0.15, -0.1) is 0 Å². The van der Waals surface area contributed by atoms with Crippen LogP contribution in [0.3, 0.4) is 0 Å². The van der Waals surface area contributed by atoms with Gasteiger partial charge in [0.25, 0.3) is 0 Å². The van der Waals surface area contributed by atoms with E-state index in [1.54, 1.807) is 19.1 Å². The van der Waals surface area contributed by atoms with Crippen molar-refractivity contribution in [2.75, 3.05) is 13.6 Å². The van der Waals surface area contributed by atoms with E-state index in [1.807, 2.05) is 37.3 Å². The molecule has 3 rings (SSSR count). The number of sulfonamides is 1. The zero-order chi connectivity index (χ0) is 24.7. The fourth-order valence-electron chi connectivity index (χ4n) is 4.19. The van der Waals surface area contributed by atoms with Gasteiger partial charge in [-0.2, -0.15) is 4.31 Å². The molecule has 1 N–H and O–H groups in total. The van der Waals surface area contributed by atoms with Crippen molar-refractivity contribution in [2.45, 2.75) is 69.5 Å². The molecule has 1 saturated carbocycles. The monoisotopic (exact) mass is 485 g/mol. The smallest absolute Gasteiger partial charge is 0.243 e. The van der Waals surface area contributed by atoms with Crippen molar-refractivity contribution >= 4 is 21.8 Å². The van der Waals surface area contributed by atoms with Crippen molar-refractivity contribution in [2.24, 2.45) is 0 Å². The third-order valence-electron chi connectivity index (χ3n) is 6.40. The highest BCUT2D eigenvalue weighted by Crippen LogP contribution is 2.19. The van der Waals surface area contributed by atoms with Gasteiger partial charge in [-0.25, -0.2) is 8.42 Å². The Hall–Kier alpha value is -2.71. The molecule has 1 atom stereocenters. The Labute approximate surface area is 203 Å². The third-order valence-corrected chi connectivity index (χ3v) is 8.22. The first-order valence-electron chi connectivity index (χ1n) is 11.9. The van der Waals surface area contributed by atoms with E-state index in [0.717, 1.165) is 41.1 Å². The zero-order valence-corrected chi connectivity index (χ0v) is 21.1. The first kappa shape index (κ1) is 25.9. The van der Waals surface area contributed by atoms with Crippen LogP contribution in [-0.4, -0.2) is 55.1 Å². The van der Waals surface area contributed by atoms with Gasteiger partial charge in [-0.1, -0.05) is 67.3 Å². The molecule has 1 fully saturated rings. The average molecular weight is 486 g/mol. The Morgan fingerprint density at radius 2 is 1.62 bits per heavy atom. The van der Waals surface area contributed by atoms with Crippen LogP contribution in [0.4, 0.5) is 0 Å². The van der Waals surface area contributed by atoms with Crippen molar-refractivity contribution in [3.8, 4) is 0 Å². The summed E-state index contributed by atoms with van der Waals surface area (Å²) in [7, 11) is -2.45. The summed E-state index contributed by atoms with van der Waals surface area (Å²) in [5, 5.41) is 3.09. The molecule has 8 heteroatoms. The second-order valence-electron chi connectivity index (χ2n) is 9.10. The molecule has 7 nitrogen and oxygen atoms in total. The van der Waals surface area contributed by atoms with Crippen molar-refractivity contribution in [3.63, 3.8) is 0 Å². The molecule has 1 aliphatic carbocycles. The van der Waals surface area contributed by atoms with E-state index in [4.69, 9.17) is 0 Å². The van der Waals surface area contributed by atoms with E-state index < -0.39 is 22.0 Å². The summed E-state index contributed by atoms with van der Waals surface area (Å²) < 4.78 is 27.0. The fourth-order valence-corrected chi connectivity index (χ4v) is 5.31. The topological polar surface area (TPSA) is 86.8 Å². The van der Waals surface area contributed by atoms with E-state index in [9.17, 15) is 18.0 Å². The molecular weight excluding hydrogens is 450 g/mol. The molecular formula is C26H35N3O4S. The molecule has 2 aromatic carbocycles. The van der Waals surface area contributed by atoms with Gasteiger partial charge < -0.3 is 10.2 Å². The summed E-state index contributed by atoms with van der Waals surface area (Å²) in [4.78, 5) is 28.0. The molecule has 2 aromatic rings. The van der Waals surface area contributed by atoms with Gasteiger partial charge in [0.2, 0.25) is 21.8 Å². The number of nitrogens with one attached hydrogen (secondary N) is 1. The Kier molecular flexibility index (Phi) is 8.85. The standard InChI is InChI=1S/C26H35N3O4S/c1-20-14-16-24(17-15-20)34(32,33)28(3)19-25(30)29(18-22-10-6-4-7-11-22)21(2)26(31)27-23-12-8-5-9-13-23/h4,6-7,10-11,14-17,21,23H,5,8-9,12-13,18-19H2,1-3H3,(H,27,31). The van der Waals surface area contributed by atoms with Gasteiger partial charge in [0, 0.05) is 19.6 Å². The summed E-state index contributed by atoms with van der Waals surface area (Å²) in [5.74, 6) is -0.631. The van der Waals surface area contributed by atoms with E-state index in [2.05, 4.69) is 5.32 Å². The number of aryl methyl sites for hydroxylation is 1. The van der Waals surface area contributed by atoms with Gasteiger partial charge in [0.1, 0.15) is 6.04 Å². The van der Waals surface area contributed by atoms with Crippen LogP contribution in [0.15, 0.2) is 59.5 Å². The van der Waals surface area contributed by atoms with Crippen molar-refractivity contribution in [1.82, 2.24) is 14.5 Å². The Morgan fingerprint density at radius 3 is 2.24 bits per heavy atom. The largest absolute Gasteiger partial charge is 0.352 e. The van der Waals surface area contributed by atoms with E-state index in [-0.39, 0.29) is 29.9 Å².